The van der Waals surface area contributed by atoms with Crippen LogP contribution >= 0.6 is 0 Å². The second-order valence-electron chi connectivity index (χ2n) is 6.76. The van der Waals surface area contributed by atoms with Crippen molar-refractivity contribution in [2.75, 3.05) is 10.6 Å². The van der Waals surface area contributed by atoms with Gasteiger partial charge >= 0.3 is 0 Å². The molecule has 0 saturated carbocycles. The molecule has 0 aliphatic carbocycles. The van der Waals surface area contributed by atoms with Crippen molar-refractivity contribution in [1.29, 1.82) is 0 Å². The first-order valence-electron chi connectivity index (χ1n) is 9.35. The second kappa shape index (κ2) is 9.00. The molecule has 0 atom stereocenters. The smallest absolute Gasteiger partial charge is 0.255 e. The van der Waals surface area contributed by atoms with Crippen molar-refractivity contribution in [2.45, 2.75) is 26.7 Å². The Labute approximate surface area is 165 Å². The van der Waals surface area contributed by atoms with Crippen molar-refractivity contribution in [3.8, 4) is 0 Å². The number of aryl methyl sites for hydroxylation is 2. The fraction of sp³-hybridized carbons (Fsp3) is 0.167. The van der Waals surface area contributed by atoms with Gasteiger partial charge in [0.2, 0.25) is 5.91 Å². The molecule has 4 nitrogen and oxygen atoms in total. The molecule has 142 valence electrons. The zero-order valence-corrected chi connectivity index (χ0v) is 16.2. The normalized spacial score (nSPS) is 10.4. The van der Waals surface area contributed by atoms with E-state index in [1.807, 2.05) is 67.6 Å². The van der Waals surface area contributed by atoms with Gasteiger partial charge in [-0.15, -0.1) is 0 Å². The first-order valence-corrected chi connectivity index (χ1v) is 9.35. The maximum absolute atomic E-state index is 12.9. The first kappa shape index (κ1) is 19.4. The van der Waals surface area contributed by atoms with Crippen LogP contribution in [0.15, 0.2) is 72.8 Å². The van der Waals surface area contributed by atoms with Gasteiger partial charge in [0.05, 0.1) is 0 Å². The number of hydrogen-bond acceptors (Lipinski definition) is 2. The van der Waals surface area contributed by atoms with E-state index >= 15 is 0 Å². The second-order valence-corrected chi connectivity index (χ2v) is 6.76. The van der Waals surface area contributed by atoms with Gasteiger partial charge in [0, 0.05) is 23.9 Å². The summed E-state index contributed by atoms with van der Waals surface area (Å²) in [6.07, 6.45) is 1.67. The van der Waals surface area contributed by atoms with Gasteiger partial charge in [-0.3, -0.25) is 9.59 Å². The van der Waals surface area contributed by atoms with Crippen molar-refractivity contribution in [3.05, 3.63) is 95.1 Å². The van der Waals surface area contributed by atoms with E-state index in [0.29, 0.717) is 16.9 Å². The van der Waals surface area contributed by atoms with Crippen LogP contribution in [-0.4, -0.2) is 11.8 Å². The van der Waals surface area contributed by atoms with Crippen molar-refractivity contribution in [3.63, 3.8) is 0 Å². The lowest BCUT2D eigenvalue weighted by Crippen LogP contribution is -2.16. The van der Waals surface area contributed by atoms with Crippen LogP contribution in [0, 0.1) is 6.92 Å². The van der Waals surface area contributed by atoms with Gasteiger partial charge in [0.25, 0.3) is 5.91 Å². The Balaban J connectivity index is 1.77. The number of benzene rings is 3. The summed E-state index contributed by atoms with van der Waals surface area (Å²) in [5.41, 5.74) is 5.14. The van der Waals surface area contributed by atoms with Crippen LogP contribution in [0.25, 0.3) is 0 Å². The summed E-state index contributed by atoms with van der Waals surface area (Å²) in [5, 5.41) is 5.77. The van der Waals surface area contributed by atoms with Crippen LogP contribution in [0.5, 0.6) is 0 Å². The number of rotatable bonds is 6. The van der Waals surface area contributed by atoms with Crippen molar-refractivity contribution in [1.82, 2.24) is 0 Å². The van der Waals surface area contributed by atoms with E-state index in [1.165, 1.54) is 12.5 Å². The predicted molar refractivity (Wildman–Crippen MR) is 114 cm³/mol. The van der Waals surface area contributed by atoms with Crippen LogP contribution in [0.1, 0.15) is 34.0 Å². The van der Waals surface area contributed by atoms with Crippen LogP contribution in [-0.2, 0) is 17.6 Å². The summed E-state index contributed by atoms with van der Waals surface area (Å²) in [5.74, 6) is -0.287. The zero-order valence-electron chi connectivity index (χ0n) is 16.2. The van der Waals surface area contributed by atoms with Gasteiger partial charge in [-0.25, -0.2) is 0 Å². The van der Waals surface area contributed by atoms with E-state index in [1.54, 1.807) is 0 Å². The monoisotopic (exact) mass is 372 g/mol. The fourth-order valence-electron chi connectivity index (χ4n) is 3.17. The molecule has 4 heteroatoms. The Morgan fingerprint density at radius 3 is 2.11 bits per heavy atom. The number of nitrogens with one attached hydrogen (secondary N) is 2. The molecule has 28 heavy (non-hydrogen) atoms. The van der Waals surface area contributed by atoms with Gasteiger partial charge in [0.1, 0.15) is 0 Å². The van der Waals surface area contributed by atoms with E-state index in [-0.39, 0.29) is 11.8 Å². The molecule has 3 aromatic rings. The van der Waals surface area contributed by atoms with Crippen LogP contribution in [0.4, 0.5) is 11.4 Å². The largest absolute Gasteiger partial charge is 0.326 e. The Bertz CT molecular complexity index is 981. The van der Waals surface area contributed by atoms with Crippen LogP contribution in [0.3, 0.4) is 0 Å². The minimum absolute atomic E-state index is 0.141. The first-order chi connectivity index (χ1) is 13.5. The third-order valence-corrected chi connectivity index (χ3v) is 4.68. The highest BCUT2D eigenvalue weighted by atomic mass is 16.2. The third kappa shape index (κ3) is 4.86. The summed E-state index contributed by atoms with van der Waals surface area (Å²) in [7, 11) is 0. The molecule has 0 bridgehead atoms. The molecule has 2 N–H and O–H groups in total. The molecule has 0 unspecified atom stereocenters. The Morgan fingerprint density at radius 1 is 0.750 bits per heavy atom. The highest BCUT2D eigenvalue weighted by Crippen LogP contribution is 2.24. The molecule has 0 heterocycles. The van der Waals surface area contributed by atoms with E-state index in [0.717, 1.165) is 24.0 Å². The zero-order chi connectivity index (χ0) is 19.9. The maximum Gasteiger partial charge on any atom is 0.255 e. The lowest BCUT2D eigenvalue weighted by molar-refractivity contribution is -0.114. The molecule has 2 amide bonds. The SMILES string of the molecule is CC(=O)Nc1cccc(NC(=O)c2ccccc2CCc2ccccc2)c1C. The topological polar surface area (TPSA) is 58.2 Å². The molecule has 0 radical (unpaired) electrons. The van der Waals surface area contributed by atoms with Crippen molar-refractivity contribution >= 4 is 23.2 Å². The van der Waals surface area contributed by atoms with E-state index in [9.17, 15) is 9.59 Å². The van der Waals surface area contributed by atoms with Crippen LogP contribution < -0.4 is 10.6 Å². The molecule has 0 fully saturated rings. The van der Waals surface area contributed by atoms with Gasteiger partial charge in [-0.05, 0) is 54.7 Å². The van der Waals surface area contributed by atoms with Gasteiger partial charge in [-0.1, -0.05) is 54.6 Å². The minimum Gasteiger partial charge on any atom is -0.326 e. The van der Waals surface area contributed by atoms with Crippen molar-refractivity contribution < 1.29 is 9.59 Å². The lowest BCUT2D eigenvalue weighted by Gasteiger charge is -2.14. The third-order valence-electron chi connectivity index (χ3n) is 4.68. The summed E-state index contributed by atoms with van der Waals surface area (Å²) in [6.45, 7) is 3.34. The van der Waals surface area contributed by atoms with E-state index < -0.39 is 0 Å². The predicted octanol–water partition coefficient (Wildman–Crippen LogP) is 4.99. The average molecular weight is 372 g/mol. The number of hydrogen-bond donors (Lipinski definition) is 2. The molecule has 0 aromatic heterocycles. The molecule has 0 aliphatic heterocycles. The molecule has 0 aliphatic rings. The highest BCUT2D eigenvalue weighted by Gasteiger charge is 2.13. The van der Waals surface area contributed by atoms with Gasteiger partial charge < -0.3 is 10.6 Å². The molecule has 0 spiro atoms. The molecule has 3 rings (SSSR count). The van der Waals surface area contributed by atoms with E-state index in [4.69, 9.17) is 0 Å². The maximum atomic E-state index is 12.9. The summed E-state index contributed by atoms with van der Waals surface area (Å²) in [4.78, 5) is 24.3. The number of carbonyl (C=O) groups is 2. The number of anilines is 2. The minimum atomic E-state index is -0.147. The van der Waals surface area contributed by atoms with Crippen LogP contribution in [0.2, 0.25) is 0 Å². The summed E-state index contributed by atoms with van der Waals surface area (Å²) < 4.78 is 0. The average Bonchev–Trinajstić information content (AvgIpc) is 2.70. The van der Waals surface area contributed by atoms with E-state index in [2.05, 4.69) is 22.8 Å². The molecular formula is C24H24N2O2. The van der Waals surface area contributed by atoms with Gasteiger partial charge in [0.15, 0.2) is 0 Å². The number of amides is 2. The summed E-state index contributed by atoms with van der Waals surface area (Å²) in [6, 6.07) is 23.4. The molecular weight excluding hydrogens is 348 g/mol. The lowest BCUT2D eigenvalue weighted by atomic mass is 9.99. The Morgan fingerprint density at radius 2 is 1.39 bits per heavy atom. The molecule has 3 aromatic carbocycles. The van der Waals surface area contributed by atoms with Gasteiger partial charge in [-0.2, -0.15) is 0 Å². The standard InChI is InChI=1S/C24H24N2O2/c1-17-22(25-18(2)27)13-8-14-23(17)26-24(28)21-12-7-6-11-20(21)16-15-19-9-4-3-5-10-19/h3-14H,15-16H2,1-2H3,(H,25,27)(H,26,28). The molecule has 0 saturated heterocycles. The Kier molecular flexibility index (Phi) is 6.22. The summed E-state index contributed by atoms with van der Waals surface area (Å²) >= 11 is 0. The Hall–Kier alpha value is -3.40. The fourth-order valence-corrected chi connectivity index (χ4v) is 3.17. The van der Waals surface area contributed by atoms with Crippen molar-refractivity contribution in [2.24, 2.45) is 0 Å². The number of carbonyl (C=O) groups excluding carboxylic acids is 2. The quantitative estimate of drug-likeness (QED) is 0.640. The highest BCUT2D eigenvalue weighted by molar-refractivity contribution is 6.06.